The number of nitrogens with two attached hydrogens (primary N) is 1. The Morgan fingerprint density at radius 3 is 2.62 bits per heavy atom. The first-order valence-corrected chi connectivity index (χ1v) is 10.7. The van der Waals surface area contributed by atoms with E-state index in [1.807, 2.05) is 13.0 Å². The van der Waals surface area contributed by atoms with Crippen LogP contribution in [0.4, 0.5) is 11.6 Å². The summed E-state index contributed by atoms with van der Waals surface area (Å²) in [6.45, 7) is 2.44. The highest BCUT2D eigenvalue weighted by Crippen LogP contribution is 2.30. The fourth-order valence-electron chi connectivity index (χ4n) is 3.56. The zero-order valence-corrected chi connectivity index (χ0v) is 18.5. The Kier molecular flexibility index (Phi) is 6.74. The van der Waals surface area contributed by atoms with Crippen LogP contribution in [0.25, 0.3) is 22.3 Å². The van der Waals surface area contributed by atoms with Crippen LogP contribution in [-0.2, 0) is 11.3 Å². The van der Waals surface area contributed by atoms with Crippen LogP contribution < -0.4 is 16.5 Å². The van der Waals surface area contributed by atoms with Crippen LogP contribution in [0.15, 0.2) is 48.9 Å². The number of fused-ring (bicyclic) bond motifs is 1. The van der Waals surface area contributed by atoms with Crippen molar-refractivity contribution in [2.75, 3.05) is 11.1 Å². The molecule has 34 heavy (non-hydrogen) atoms. The van der Waals surface area contributed by atoms with E-state index >= 15 is 0 Å². The van der Waals surface area contributed by atoms with Gasteiger partial charge in [0.25, 0.3) is 5.91 Å². The van der Waals surface area contributed by atoms with Gasteiger partial charge in [-0.05, 0) is 49.6 Å². The lowest BCUT2D eigenvalue weighted by Crippen LogP contribution is -2.18. The third-order valence-corrected chi connectivity index (χ3v) is 5.28. The number of carbonyl (C=O) groups is 2. The molecule has 174 valence electrons. The number of carbonyl (C=O) groups excluding carboxylic acids is 2. The van der Waals surface area contributed by atoms with Gasteiger partial charge in [0.05, 0.1) is 5.39 Å². The third kappa shape index (κ3) is 4.99. The van der Waals surface area contributed by atoms with Gasteiger partial charge >= 0.3 is 0 Å². The molecule has 0 bridgehead atoms. The van der Waals surface area contributed by atoms with Gasteiger partial charge in [-0.3, -0.25) is 14.8 Å². The maximum absolute atomic E-state index is 12.6. The summed E-state index contributed by atoms with van der Waals surface area (Å²) < 4.78 is 1.73. The quantitative estimate of drug-likeness (QED) is 0.177. The predicted molar refractivity (Wildman–Crippen MR) is 126 cm³/mol. The van der Waals surface area contributed by atoms with Crippen molar-refractivity contribution in [3.05, 3.63) is 60.0 Å². The molecule has 0 saturated heterocycles. The van der Waals surface area contributed by atoms with E-state index in [2.05, 4.69) is 25.4 Å². The second-order valence-corrected chi connectivity index (χ2v) is 7.77. The number of rotatable bonds is 8. The lowest BCUT2D eigenvalue weighted by molar-refractivity contribution is -0.129. The van der Waals surface area contributed by atoms with Gasteiger partial charge in [-0.25, -0.2) is 25.1 Å². The monoisotopic (exact) mass is 460 g/mol. The van der Waals surface area contributed by atoms with Gasteiger partial charge in [-0.15, -0.1) is 0 Å². The minimum Gasteiger partial charge on any atom is -0.383 e. The molecule has 0 aliphatic rings. The summed E-state index contributed by atoms with van der Waals surface area (Å²) in [5.74, 6) is 0.0909. The molecule has 0 aliphatic carbocycles. The van der Waals surface area contributed by atoms with E-state index in [1.54, 1.807) is 46.7 Å². The zero-order chi connectivity index (χ0) is 24.1. The number of nitrogens with zero attached hydrogens (tertiary/aromatic N) is 5. The van der Waals surface area contributed by atoms with Crippen molar-refractivity contribution in [2.24, 2.45) is 0 Å². The molecule has 0 atom stereocenters. The van der Waals surface area contributed by atoms with Crippen LogP contribution in [0.1, 0.15) is 35.2 Å². The lowest BCUT2D eigenvalue weighted by atomic mass is 10.1. The number of hydrogen-bond donors (Lipinski definition) is 4. The first-order valence-electron chi connectivity index (χ1n) is 10.7. The average molecular weight is 460 g/mol. The number of pyridine rings is 1. The number of anilines is 2. The molecule has 11 heteroatoms. The van der Waals surface area contributed by atoms with Crippen molar-refractivity contribution >= 4 is 34.5 Å². The second-order valence-electron chi connectivity index (χ2n) is 7.77. The first kappa shape index (κ1) is 22.8. The van der Waals surface area contributed by atoms with Crippen molar-refractivity contribution in [3.8, 4) is 11.3 Å². The summed E-state index contributed by atoms with van der Waals surface area (Å²) in [6.07, 6.45) is 4.46. The molecule has 0 fully saturated rings. The Hall–Kier alpha value is -4.38. The lowest BCUT2D eigenvalue weighted by Gasteiger charge is -2.06. The SMILES string of the molecule is Cc1ccnc(NC(=O)c2ccc(-c3nn(CCCCC(=O)NO)c4ncnc(N)c34)cc2)c1. The van der Waals surface area contributed by atoms with E-state index in [-0.39, 0.29) is 12.3 Å². The standard InChI is InChI=1S/C23H24N8O3/c1-14-9-10-25-17(12-14)28-23(33)16-7-5-15(6-8-16)20-19-21(24)26-13-27-22(19)31(29-20)11-3-2-4-18(32)30-34/h5-10,12-13,34H,2-4,11H2,1H3,(H,30,32)(H2,24,26,27)(H,25,28,33). The number of aryl methyl sites for hydroxylation is 2. The molecule has 0 aliphatic heterocycles. The van der Waals surface area contributed by atoms with Crippen molar-refractivity contribution in [3.63, 3.8) is 0 Å². The molecule has 0 unspecified atom stereocenters. The molecule has 4 rings (SSSR count). The van der Waals surface area contributed by atoms with Gasteiger partial charge in [0.2, 0.25) is 5.91 Å². The van der Waals surface area contributed by atoms with Gasteiger partial charge in [0, 0.05) is 30.3 Å². The summed E-state index contributed by atoms with van der Waals surface area (Å²) in [4.78, 5) is 36.4. The van der Waals surface area contributed by atoms with Gasteiger partial charge < -0.3 is 11.1 Å². The highest BCUT2D eigenvalue weighted by molar-refractivity contribution is 6.04. The molecule has 11 nitrogen and oxygen atoms in total. The maximum atomic E-state index is 12.6. The third-order valence-electron chi connectivity index (χ3n) is 5.28. The smallest absolute Gasteiger partial charge is 0.256 e. The van der Waals surface area contributed by atoms with Crippen LogP contribution in [-0.4, -0.2) is 41.8 Å². The van der Waals surface area contributed by atoms with Crippen LogP contribution >= 0.6 is 0 Å². The first-order chi connectivity index (χ1) is 16.5. The molecule has 3 heterocycles. The molecule has 0 radical (unpaired) electrons. The minimum atomic E-state index is -0.431. The molecule has 2 amide bonds. The van der Waals surface area contributed by atoms with Crippen molar-refractivity contribution in [2.45, 2.75) is 32.7 Å². The van der Waals surface area contributed by atoms with Gasteiger partial charge in [-0.1, -0.05) is 12.1 Å². The molecule has 1 aromatic carbocycles. The summed E-state index contributed by atoms with van der Waals surface area (Å²) in [7, 11) is 0. The van der Waals surface area contributed by atoms with E-state index < -0.39 is 5.91 Å². The summed E-state index contributed by atoms with van der Waals surface area (Å²) in [5, 5.41) is 16.7. The average Bonchev–Trinajstić information content (AvgIpc) is 3.21. The number of nitrogen functional groups attached to an aromatic ring is 1. The fourth-order valence-corrected chi connectivity index (χ4v) is 3.56. The Balaban J connectivity index is 1.55. The highest BCUT2D eigenvalue weighted by Gasteiger charge is 2.17. The topological polar surface area (TPSA) is 161 Å². The molecule has 3 aromatic heterocycles. The maximum Gasteiger partial charge on any atom is 0.256 e. The van der Waals surface area contributed by atoms with Gasteiger partial charge in [0.1, 0.15) is 23.7 Å². The predicted octanol–water partition coefficient (Wildman–Crippen LogP) is 2.71. The van der Waals surface area contributed by atoms with E-state index in [4.69, 9.17) is 10.9 Å². The molecule has 0 spiro atoms. The largest absolute Gasteiger partial charge is 0.383 e. The van der Waals surface area contributed by atoms with Crippen molar-refractivity contribution < 1.29 is 14.8 Å². The van der Waals surface area contributed by atoms with Crippen LogP contribution in [0.5, 0.6) is 0 Å². The van der Waals surface area contributed by atoms with Crippen LogP contribution in [0.3, 0.4) is 0 Å². The molecular weight excluding hydrogens is 436 g/mol. The van der Waals surface area contributed by atoms with Crippen molar-refractivity contribution in [1.82, 2.24) is 30.2 Å². The van der Waals surface area contributed by atoms with Gasteiger partial charge in [0.15, 0.2) is 5.65 Å². The van der Waals surface area contributed by atoms with E-state index in [9.17, 15) is 9.59 Å². The van der Waals surface area contributed by atoms with Crippen molar-refractivity contribution in [1.29, 1.82) is 0 Å². The second kappa shape index (κ2) is 10.0. The number of hydrogen-bond acceptors (Lipinski definition) is 8. The number of nitrogens with one attached hydrogen (secondary N) is 2. The number of unbranched alkanes of at least 4 members (excludes halogenated alkanes) is 1. The molecule has 4 aromatic rings. The summed E-state index contributed by atoms with van der Waals surface area (Å²) in [5.41, 5.74) is 11.2. The Morgan fingerprint density at radius 1 is 1.09 bits per heavy atom. The van der Waals surface area contributed by atoms with Crippen LogP contribution in [0, 0.1) is 6.92 Å². The zero-order valence-electron chi connectivity index (χ0n) is 18.5. The summed E-state index contributed by atoms with van der Waals surface area (Å²) >= 11 is 0. The number of hydroxylamine groups is 1. The fraction of sp³-hybridized carbons (Fsp3) is 0.217. The number of benzene rings is 1. The molecular formula is C23H24N8O3. The highest BCUT2D eigenvalue weighted by atomic mass is 16.5. The molecule has 5 N–H and O–H groups in total. The Labute approximate surface area is 195 Å². The normalized spacial score (nSPS) is 10.9. The Bertz CT molecular complexity index is 1330. The Morgan fingerprint density at radius 2 is 1.88 bits per heavy atom. The molecule has 0 saturated carbocycles. The van der Waals surface area contributed by atoms with E-state index in [1.165, 1.54) is 6.33 Å². The summed E-state index contributed by atoms with van der Waals surface area (Å²) in [6, 6.07) is 10.7. The number of amides is 2. The van der Waals surface area contributed by atoms with E-state index in [0.29, 0.717) is 53.3 Å². The van der Waals surface area contributed by atoms with Crippen LogP contribution in [0.2, 0.25) is 0 Å². The minimum absolute atomic E-state index is 0.210. The van der Waals surface area contributed by atoms with Gasteiger partial charge in [-0.2, -0.15) is 5.10 Å². The van der Waals surface area contributed by atoms with E-state index in [0.717, 1.165) is 11.1 Å². The number of aromatic nitrogens is 5.